The van der Waals surface area contributed by atoms with E-state index in [1.165, 1.54) is 11.3 Å². The first-order valence-electron chi connectivity index (χ1n) is 6.67. The molecule has 0 radical (unpaired) electrons. The summed E-state index contributed by atoms with van der Waals surface area (Å²) in [7, 11) is 0. The average molecular weight is 358 g/mol. The van der Waals surface area contributed by atoms with Crippen LogP contribution < -0.4 is 10.1 Å². The summed E-state index contributed by atoms with van der Waals surface area (Å²) in [4.78, 5) is 12.1. The van der Waals surface area contributed by atoms with Gasteiger partial charge in [0.25, 0.3) is 5.91 Å². The molecule has 0 aliphatic rings. The van der Waals surface area contributed by atoms with Crippen LogP contribution in [0.3, 0.4) is 0 Å². The summed E-state index contributed by atoms with van der Waals surface area (Å²) in [6.45, 7) is 5.82. The zero-order valence-electron chi connectivity index (χ0n) is 12.4. The second kappa shape index (κ2) is 7.80. The Hall–Kier alpha value is -1.31. The van der Waals surface area contributed by atoms with E-state index < -0.39 is 6.10 Å². The number of hydrogen-bond donors (Lipinski definition) is 1. The number of nitrogens with one attached hydrogen (secondary N) is 1. The van der Waals surface area contributed by atoms with Crippen LogP contribution in [0.2, 0.25) is 5.02 Å². The highest BCUT2D eigenvalue weighted by molar-refractivity contribution is 8.01. The molecule has 1 atom stereocenters. The van der Waals surface area contributed by atoms with Gasteiger partial charge >= 0.3 is 0 Å². The Morgan fingerprint density at radius 1 is 1.36 bits per heavy atom. The molecule has 0 saturated heterocycles. The fourth-order valence-corrected chi connectivity index (χ4v) is 3.67. The molecule has 5 nitrogen and oxygen atoms in total. The Kier molecular flexibility index (Phi) is 6.05. The number of hydrogen-bond acceptors (Lipinski definition) is 6. The maximum absolute atomic E-state index is 12.1. The lowest BCUT2D eigenvalue weighted by molar-refractivity contribution is -0.122. The number of rotatable bonds is 6. The third kappa shape index (κ3) is 5.15. The Morgan fingerprint density at radius 3 is 2.82 bits per heavy atom. The van der Waals surface area contributed by atoms with Crippen molar-refractivity contribution in [3.05, 3.63) is 29.3 Å². The molecule has 1 N–H and O–H groups in total. The predicted molar refractivity (Wildman–Crippen MR) is 91.1 cm³/mol. The lowest BCUT2D eigenvalue weighted by Gasteiger charge is -2.13. The number of amides is 1. The van der Waals surface area contributed by atoms with Crippen molar-refractivity contribution in [1.29, 1.82) is 0 Å². The van der Waals surface area contributed by atoms with Crippen molar-refractivity contribution in [3.63, 3.8) is 0 Å². The van der Waals surface area contributed by atoms with Gasteiger partial charge in [0, 0.05) is 10.3 Å². The third-order valence-corrected chi connectivity index (χ3v) is 4.61. The lowest BCUT2D eigenvalue weighted by Crippen LogP contribution is -2.30. The van der Waals surface area contributed by atoms with Crippen LogP contribution in [0.5, 0.6) is 5.75 Å². The number of benzene rings is 1. The van der Waals surface area contributed by atoms with E-state index in [0.717, 1.165) is 4.34 Å². The molecule has 1 heterocycles. The summed E-state index contributed by atoms with van der Waals surface area (Å²) in [5.74, 6) is 0.265. The molecular weight excluding hydrogens is 342 g/mol. The van der Waals surface area contributed by atoms with Crippen LogP contribution in [0.25, 0.3) is 0 Å². The number of nitrogens with zero attached hydrogens (tertiary/aromatic N) is 2. The van der Waals surface area contributed by atoms with Crippen molar-refractivity contribution in [1.82, 2.24) is 10.2 Å². The molecule has 1 aromatic heterocycles. The first-order valence-corrected chi connectivity index (χ1v) is 8.74. The summed E-state index contributed by atoms with van der Waals surface area (Å²) in [5.41, 5.74) is 0. The molecule has 0 bridgehead atoms. The zero-order chi connectivity index (χ0) is 16.1. The lowest BCUT2D eigenvalue weighted by atomic mass is 10.3. The molecule has 0 fully saturated rings. The van der Waals surface area contributed by atoms with Gasteiger partial charge < -0.3 is 4.74 Å². The molecule has 2 rings (SSSR count). The van der Waals surface area contributed by atoms with E-state index in [2.05, 4.69) is 29.4 Å². The largest absolute Gasteiger partial charge is 0.481 e. The van der Waals surface area contributed by atoms with E-state index in [-0.39, 0.29) is 5.91 Å². The highest BCUT2D eigenvalue weighted by Gasteiger charge is 2.17. The molecule has 0 unspecified atom stereocenters. The topological polar surface area (TPSA) is 64.1 Å². The molecule has 0 saturated carbocycles. The predicted octanol–water partition coefficient (Wildman–Crippen LogP) is 4.10. The van der Waals surface area contributed by atoms with Gasteiger partial charge in [-0.05, 0) is 25.1 Å². The molecule has 0 aliphatic heterocycles. The summed E-state index contributed by atoms with van der Waals surface area (Å²) >= 11 is 8.84. The number of aromatic nitrogens is 2. The van der Waals surface area contributed by atoms with E-state index in [1.54, 1.807) is 43.0 Å². The molecular formula is C14H16ClN3O2S2. The Bertz CT molecular complexity index is 649. The van der Waals surface area contributed by atoms with Crippen LogP contribution in [0.4, 0.5) is 5.13 Å². The Balaban J connectivity index is 1.92. The normalized spacial score (nSPS) is 12.2. The SMILES string of the molecule is CC(C)Sc1nnc(NC(=O)[C@H](C)Oc2cccc(Cl)c2)s1. The minimum atomic E-state index is -0.663. The van der Waals surface area contributed by atoms with Gasteiger partial charge in [0.2, 0.25) is 5.13 Å². The van der Waals surface area contributed by atoms with Crippen LogP contribution >= 0.6 is 34.7 Å². The average Bonchev–Trinajstić information content (AvgIpc) is 2.85. The van der Waals surface area contributed by atoms with Crippen molar-refractivity contribution in [2.24, 2.45) is 0 Å². The van der Waals surface area contributed by atoms with Crippen LogP contribution in [-0.2, 0) is 4.79 Å². The van der Waals surface area contributed by atoms with E-state index in [4.69, 9.17) is 16.3 Å². The maximum Gasteiger partial charge on any atom is 0.266 e. The third-order valence-electron chi connectivity index (χ3n) is 2.45. The van der Waals surface area contributed by atoms with Crippen molar-refractivity contribution in [2.45, 2.75) is 36.5 Å². The standard InChI is InChI=1S/C14H16ClN3O2S2/c1-8(2)21-14-18-17-13(22-14)16-12(19)9(3)20-11-6-4-5-10(15)7-11/h4-9H,1-3H3,(H,16,17,19)/t9-/m0/s1. The van der Waals surface area contributed by atoms with Gasteiger partial charge in [-0.25, -0.2) is 0 Å². The van der Waals surface area contributed by atoms with Crippen molar-refractivity contribution < 1.29 is 9.53 Å². The van der Waals surface area contributed by atoms with E-state index in [9.17, 15) is 4.79 Å². The molecule has 0 aliphatic carbocycles. The quantitative estimate of drug-likeness (QED) is 0.623. The van der Waals surface area contributed by atoms with Gasteiger partial charge in [0.05, 0.1) is 0 Å². The van der Waals surface area contributed by atoms with Gasteiger partial charge in [0.15, 0.2) is 10.4 Å². The molecule has 1 aromatic carbocycles. The highest BCUT2D eigenvalue weighted by atomic mass is 35.5. The number of halogens is 1. The van der Waals surface area contributed by atoms with Gasteiger partial charge in [-0.3, -0.25) is 10.1 Å². The van der Waals surface area contributed by atoms with Crippen LogP contribution in [0.1, 0.15) is 20.8 Å². The first kappa shape index (κ1) is 17.1. The second-order valence-corrected chi connectivity index (χ2v) is 7.98. The number of ether oxygens (including phenoxy) is 1. The number of thioether (sulfide) groups is 1. The van der Waals surface area contributed by atoms with Crippen LogP contribution in [-0.4, -0.2) is 27.5 Å². The first-order chi connectivity index (χ1) is 10.4. The van der Waals surface area contributed by atoms with Gasteiger partial charge in [-0.2, -0.15) is 0 Å². The van der Waals surface area contributed by atoms with Crippen LogP contribution in [0, 0.1) is 0 Å². The van der Waals surface area contributed by atoms with Gasteiger partial charge in [-0.1, -0.05) is 54.6 Å². The molecule has 118 valence electrons. The van der Waals surface area contributed by atoms with Gasteiger partial charge in [0.1, 0.15) is 5.75 Å². The molecule has 0 spiro atoms. The number of carbonyl (C=O) groups is 1. The van der Waals surface area contributed by atoms with E-state index in [0.29, 0.717) is 21.2 Å². The molecule has 22 heavy (non-hydrogen) atoms. The van der Waals surface area contributed by atoms with Crippen molar-refractivity contribution in [3.8, 4) is 5.75 Å². The Morgan fingerprint density at radius 2 is 2.14 bits per heavy atom. The molecule has 1 amide bonds. The molecule has 2 aromatic rings. The van der Waals surface area contributed by atoms with Crippen LogP contribution in [0.15, 0.2) is 28.6 Å². The fourth-order valence-electron chi connectivity index (χ4n) is 1.51. The number of carbonyl (C=O) groups excluding carboxylic acids is 1. The monoisotopic (exact) mass is 357 g/mol. The zero-order valence-corrected chi connectivity index (χ0v) is 14.8. The highest BCUT2D eigenvalue weighted by Crippen LogP contribution is 2.28. The number of anilines is 1. The maximum atomic E-state index is 12.1. The fraction of sp³-hybridized carbons (Fsp3) is 0.357. The second-order valence-electron chi connectivity index (χ2n) is 4.75. The minimum absolute atomic E-state index is 0.280. The summed E-state index contributed by atoms with van der Waals surface area (Å²) in [6.07, 6.45) is -0.663. The van der Waals surface area contributed by atoms with Crippen molar-refractivity contribution in [2.75, 3.05) is 5.32 Å². The summed E-state index contributed by atoms with van der Waals surface area (Å²) in [5, 5.41) is 12.1. The minimum Gasteiger partial charge on any atom is -0.481 e. The smallest absolute Gasteiger partial charge is 0.266 e. The van der Waals surface area contributed by atoms with Gasteiger partial charge in [-0.15, -0.1) is 10.2 Å². The van der Waals surface area contributed by atoms with E-state index >= 15 is 0 Å². The summed E-state index contributed by atoms with van der Waals surface area (Å²) < 4.78 is 6.38. The summed E-state index contributed by atoms with van der Waals surface area (Å²) in [6, 6.07) is 6.92. The molecule has 8 heteroatoms. The van der Waals surface area contributed by atoms with Crippen molar-refractivity contribution >= 4 is 45.7 Å². The Labute approximate surface area is 142 Å². The van der Waals surface area contributed by atoms with E-state index in [1.807, 2.05) is 0 Å².